The minimum atomic E-state index is 0.276. The highest BCUT2D eigenvalue weighted by Crippen LogP contribution is 2.35. The van der Waals surface area contributed by atoms with Gasteiger partial charge in [-0.15, -0.1) is 11.3 Å². The molecule has 3 atom stereocenters. The van der Waals surface area contributed by atoms with Gasteiger partial charge in [-0.3, -0.25) is 0 Å². The Labute approximate surface area is 114 Å². The third-order valence-corrected chi connectivity index (χ3v) is 5.56. The Bertz CT molecular complexity index is 420. The summed E-state index contributed by atoms with van der Waals surface area (Å²) in [6.07, 6.45) is 4.76. The molecule has 0 aromatic carbocycles. The van der Waals surface area contributed by atoms with Crippen LogP contribution in [-0.4, -0.2) is 18.2 Å². The van der Waals surface area contributed by atoms with Crippen molar-refractivity contribution >= 4 is 11.3 Å². The van der Waals surface area contributed by atoms with Gasteiger partial charge in [0.25, 0.3) is 0 Å². The Balaban J connectivity index is 1.56. The summed E-state index contributed by atoms with van der Waals surface area (Å²) in [6.45, 7) is 7.83. The van der Waals surface area contributed by atoms with E-state index in [9.17, 15) is 0 Å². The molecule has 2 saturated heterocycles. The lowest BCUT2D eigenvalue weighted by Gasteiger charge is -2.19. The van der Waals surface area contributed by atoms with Crippen molar-refractivity contribution in [2.75, 3.05) is 0 Å². The molecule has 1 N–H and O–H groups in total. The van der Waals surface area contributed by atoms with Crippen LogP contribution in [0.4, 0.5) is 0 Å². The van der Waals surface area contributed by atoms with E-state index in [-0.39, 0.29) is 5.41 Å². The van der Waals surface area contributed by atoms with Crippen molar-refractivity contribution in [3.05, 3.63) is 21.9 Å². The van der Waals surface area contributed by atoms with Crippen LogP contribution in [0.5, 0.6) is 0 Å². The molecule has 0 amide bonds. The zero-order chi connectivity index (χ0) is 12.8. The minimum Gasteiger partial charge on any atom is -0.373 e. The minimum absolute atomic E-state index is 0.276. The lowest BCUT2D eigenvalue weighted by Crippen LogP contribution is -2.36. The average molecular weight is 265 g/mol. The van der Waals surface area contributed by atoms with Crippen LogP contribution in [0.15, 0.2) is 12.1 Å². The molecule has 18 heavy (non-hydrogen) atoms. The number of thiophene rings is 1. The second kappa shape index (κ2) is 4.62. The fraction of sp³-hybridized carbons (Fsp3) is 0.733. The Hall–Kier alpha value is -0.380. The topological polar surface area (TPSA) is 21.3 Å². The molecular weight excluding hydrogens is 242 g/mol. The molecular formula is C15H23NOS. The van der Waals surface area contributed by atoms with Crippen molar-refractivity contribution in [1.29, 1.82) is 0 Å². The number of rotatable bonds is 3. The van der Waals surface area contributed by atoms with Crippen molar-refractivity contribution in [3.8, 4) is 0 Å². The summed E-state index contributed by atoms with van der Waals surface area (Å²) in [5.74, 6) is 0. The molecule has 3 unspecified atom stereocenters. The Morgan fingerprint density at radius 1 is 1.33 bits per heavy atom. The van der Waals surface area contributed by atoms with Crippen molar-refractivity contribution in [2.45, 2.75) is 70.2 Å². The predicted octanol–water partition coefficient (Wildman–Crippen LogP) is 3.46. The zero-order valence-electron chi connectivity index (χ0n) is 11.5. The van der Waals surface area contributed by atoms with Crippen molar-refractivity contribution < 1.29 is 4.74 Å². The number of hydrogen-bond acceptors (Lipinski definition) is 3. The van der Waals surface area contributed by atoms with Gasteiger partial charge < -0.3 is 10.1 Å². The summed E-state index contributed by atoms with van der Waals surface area (Å²) >= 11 is 1.94. The highest BCUT2D eigenvalue weighted by molar-refractivity contribution is 7.12. The molecule has 3 heteroatoms. The first-order chi connectivity index (χ1) is 8.52. The molecule has 1 aromatic rings. The SMILES string of the molecule is CC(C)(C)c1ccc(CNC2CC3CCC2O3)s1. The van der Waals surface area contributed by atoms with Gasteiger partial charge in [-0.2, -0.15) is 0 Å². The Morgan fingerprint density at radius 2 is 2.17 bits per heavy atom. The quantitative estimate of drug-likeness (QED) is 0.903. The zero-order valence-corrected chi connectivity index (χ0v) is 12.3. The predicted molar refractivity (Wildman–Crippen MR) is 76.2 cm³/mol. The van der Waals surface area contributed by atoms with E-state index in [1.54, 1.807) is 0 Å². The summed E-state index contributed by atoms with van der Waals surface area (Å²) in [5.41, 5.74) is 0.276. The molecule has 0 saturated carbocycles. The molecule has 3 heterocycles. The van der Waals surface area contributed by atoms with Crippen molar-refractivity contribution in [3.63, 3.8) is 0 Å². The second-order valence-electron chi connectivity index (χ2n) is 6.61. The highest BCUT2D eigenvalue weighted by atomic mass is 32.1. The number of fused-ring (bicyclic) bond motifs is 2. The monoisotopic (exact) mass is 265 g/mol. The van der Waals surface area contributed by atoms with Gasteiger partial charge >= 0.3 is 0 Å². The first-order valence-corrected chi connectivity index (χ1v) is 7.82. The molecule has 3 rings (SSSR count). The smallest absolute Gasteiger partial charge is 0.0733 e. The van der Waals surface area contributed by atoms with E-state index in [4.69, 9.17) is 4.74 Å². The molecule has 2 aliphatic heterocycles. The molecule has 2 fully saturated rings. The molecule has 100 valence electrons. The largest absolute Gasteiger partial charge is 0.373 e. The van der Waals surface area contributed by atoms with Crippen LogP contribution in [0, 0.1) is 0 Å². The van der Waals surface area contributed by atoms with Crippen LogP contribution in [0.1, 0.15) is 49.8 Å². The van der Waals surface area contributed by atoms with E-state index in [0.717, 1.165) is 6.54 Å². The van der Waals surface area contributed by atoms with Gasteiger partial charge in [0, 0.05) is 22.3 Å². The fourth-order valence-electron chi connectivity index (χ4n) is 2.96. The van der Waals surface area contributed by atoms with Crippen LogP contribution in [0.2, 0.25) is 0 Å². The van der Waals surface area contributed by atoms with Gasteiger partial charge in [0.2, 0.25) is 0 Å². The third kappa shape index (κ3) is 2.49. The fourth-order valence-corrected chi connectivity index (χ4v) is 3.98. The first kappa shape index (κ1) is 12.6. The molecule has 0 spiro atoms. The van der Waals surface area contributed by atoms with Gasteiger partial charge in [0.05, 0.1) is 12.2 Å². The average Bonchev–Trinajstić information content (AvgIpc) is 3.01. The maximum atomic E-state index is 5.87. The van der Waals surface area contributed by atoms with Gasteiger partial charge in [0.15, 0.2) is 0 Å². The summed E-state index contributed by atoms with van der Waals surface area (Å²) in [6, 6.07) is 5.13. The molecule has 1 aromatic heterocycles. The van der Waals surface area contributed by atoms with Crippen LogP contribution >= 0.6 is 11.3 Å². The summed E-state index contributed by atoms with van der Waals surface area (Å²) in [4.78, 5) is 2.92. The van der Waals surface area contributed by atoms with Gasteiger partial charge in [-0.05, 0) is 36.8 Å². The standard InChI is InChI=1S/C15H23NOS/c1-15(2,3)14-7-5-11(18-14)9-16-12-8-10-4-6-13(12)17-10/h5,7,10,12-13,16H,4,6,8-9H2,1-3H3. The number of hydrogen-bond donors (Lipinski definition) is 1. The van der Waals surface area contributed by atoms with Gasteiger partial charge in [-0.1, -0.05) is 20.8 Å². The van der Waals surface area contributed by atoms with E-state index in [1.807, 2.05) is 11.3 Å². The highest BCUT2D eigenvalue weighted by Gasteiger charge is 2.40. The van der Waals surface area contributed by atoms with Crippen LogP contribution in [0.25, 0.3) is 0 Å². The molecule has 0 aliphatic carbocycles. The van der Waals surface area contributed by atoms with Crippen LogP contribution in [0.3, 0.4) is 0 Å². The van der Waals surface area contributed by atoms with Crippen molar-refractivity contribution in [1.82, 2.24) is 5.32 Å². The second-order valence-corrected chi connectivity index (χ2v) is 7.78. The number of nitrogens with one attached hydrogen (secondary N) is 1. The summed E-state index contributed by atoms with van der Waals surface area (Å²) < 4.78 is 5.87. The lowest BCUT2D eigenvalue weighted by molar-refractivity contribution is 0.0973. The van der Waals surface area contributed by atoms with Crippen molar-refractivity contribution in [2.24, 2.45) is 0 Å². The van der Waals surface area contributed by atoms with Gasteiger partial charge in [0.1, 0.15) is 0 Å². The molecule has 2 aliphatic rings. The maximum absolute atomic E-state index is 5.87. The summed E-state index contributed by atoms with van der Waals surface area (Å²) in [7, 11) is 0. The molecule has 0 radical (unpaired) electrons. The third-order valence-electron chi connectivity index (χ3n) is 4.05. The Morgan fingerprint density at radius 3 is 2.72 bits per heavy atom. The molecule has 2 nitrogen and oxygen atoms in total. The van der Waals surface area contributed by atoms with E-state index in [1.165, 1.54) is 29.0 Å². The maximum Gasteiger partial charge on any atom is 0.0733 e. The van der Waals surface area contributed by atoms with E-state index < -0.39 is 0 Å². The van der Waals surface area contributed by atoms with Crippen LogP contribution in [-0.2, 0) is 16.7 Å². The van der Waals surface area contributed by atoms with E-state index >= 15 is 0 Å². The number of ether oxygens (including phenoxy) is 1. The molecule has 2 bridgehead atoms. The first-order valence-electron chi connectivity index (χ1n) is 7.00. The van der Waals surface area contributed by atoms with E-state index in [2.05, 4.69) is 38.2 Å². The van der Waals surface area contributed by atoms with Gasteiger partial charge in [-0.25, -0.2) is 0 Å². The van der Waals surface area contributed by atoms with E-state index in [0.29, 0.717) is 18.2 Å². The normalized spacial score (nSPS) is 31.2. The lowest BCUT2D eigenvalue weighted by atomic mass is 9.95. The Kier molecular flexibility index (Phi) is 3.25. The van der Waals surface area contributed by atoms with Crippen LogP contribution < -0.4 is 5.32 Å². The summed E-state index contributed by atoms with van der Waals surface area (Å²) in [5, 5.41) is 3.68.